The van der Waals surface area contributed by atoms with Crippen LogP contribution in [0.15, 0.2) is 47.7 Å². The first-order chi connectivity index (χ1) is 14.6. The molecule has 1 aromatic carbocycles. The number of aliphatic imine (C=N–C) groups is 1. The molecule has 2 atom stereocenters. The predicted molar refractivity (Wildman–Crippen MR) is 123 cm³/mol. The summed E-state index contributed by atoms with van der Waals surface area (Å²) in [5.74, 6) is 0.139. The van der Waals surface area contributed by atoms with Gasteiger partial charge in [0.1, 0.15) is 27.5 Å². The number of benzene rings is 1. The summed E-state index contributed by atoms with van der Waals surface area (Å²) in [4.78, 5) is 13.2. The van der Waals surface area contributed by atoms with Crippen LogP contribution in [0.25, 0.3) is 10.9 Å². The molecule has 5 N–H and O–H groups in total. The summed E-state index contributed by atoms with van der Waals surface area (Å²) in [5, 5.41) is 3.93. The zero-order valence-corrected chi connectivity index (χ0v) is 18.4. The third kappa shape index (κ3) is 2.91. The van der Waals surface area contributed by atoms with Gasteiger partial charge in [-0.15, -0.1) is 0 Å². The first kappa shape index (κ1) is 20.4. The fourth-order valence-corrected chi connectivity index (χ4v) is 6.57. The number of aromatic nitrogens is 2. The number of nitrogens with zero attached hydrogens (tertiary/aromatic N) is 3. The lowest BCUT2D eigenvalue weighted by Gasteiger charge is -2.50. The van der Waals surface area contributed by atoms with Crippen molar-refractivity contribution < 1.29 is 13.5 Å². The molecule has 1 aliphatic carbocycles. The van der Waals surface area contributed by atoms with Crippen LogP contribution in [0.5, 0.6) is 0 Å². The number of rotatable bonds is 3. The van der Waals surface area contributed by atoms with E-state index in [0.717, 1.165) is 5.39 Å². The number of pyridine rings is 2. The topological polar surface area (TPSA) is 117 Å². The number of fused-ring (bicyclic) bond motifs is 2. The smallest absolute Gasteiger partial charge is 0.156 e. The summed E-state index contributed by atoms with van der Waals surface area (Å²) in [6.07, 6.45) is 3.49. The summed E-state index contributed by atoms with van der Waals surface area (Å²) < 4.78 is 35.6. The van der Waals surface area contributed by atoms with Crippen molar-refractivity contribution in [1.82, 2.24) is 9.97 Å². The molecule has 0 radical (unpaired) electrons. The Kier molecular flexibility index (Phi) is 4.30. The molecular formula is C21H21ClFN5O2S. The Morgan fingerprint density at radius 3 is 2.77 bits per heavy atom. The van der Waals surface area contributed by atoms with Crippen LogP contribution in [0.4, 0.5) is 15.9 Å². The number of amidine groups is 1. The molecule has 2 aliphatic rings. The zero-order chi connectivity index (χ0) is 22.2. The van der Waals surface area contributed by atoms with Gasteiger partial charge < -0.3 is 11.1 Å². The van der Waals surface area contributed by atoms with E-state index in [4.69, 9.17) is 17.3 Å². The van der Waals surface area contributed by atoms with Crippen LogP contribution in [0, 0.1) is 5.82 Å². The Bertz CT molecular complexity index is 1270. The van der Waals surface area contributed by atoms with Crippen molar-refractivity contribution in [1.29, 1.82) is 0 Å². The van der Waals surface area contributed by atoms with E-state index in [-0.39, 0.29) is 11.4 Å². The van der Waals surface area contributed by atoms with Gasteiger partial charge >= 0.3 is 0 Å². The van der Waals surface area contributed by atoms with Crippen molar-refractivity contribution in [3.05, 3.63) is 59.1 Å². The lowest BCUT2D eigenvalue weighted by Crippen LogP contribution is -2.49. The SMILES string of the molecule is CC1(C)C(N)=N[C@@]2(c3cc(Nc4nccc5cc(Cl)cnc45)ccc3F)C[C@H]2S1(O)O. The van der Waals surface area contributed by atoms with Crippen LogP contribution in [0.3, 0.4) is 0 Å². The van der Waals surface area contributed by atoms with Crippen molar-refractivity contribution in [2.75, 3.05) is 5.32 Å². The minimum Gasteiger partial charge on any atom is -0.386 e. The lowest BCUT2D eigenvalue weighted by atomic mass is 10.0. The summed E-state index contributed by atoms with van der Waals surface area (Å²) in [7, 11) is -3.12. The van der Waals surface area contributed by atoms with Crippen molar-refractivity contribution in [2.45, 2.75) is 35.8 Å². The molecule has 0 amide bonds. The van der Waals surface area contributed by atoms with Crippen LogP contribution in [0.2, 0.25) is 5.02 Å². The average molecular weight is 462 g/mol. The quantitative estimate of drug-likeness (QED) is 0.434. The molecule has 1 fully saturated rings. The van der Waals surface area contributed by atoms with E-state index in [0.29, 0.717) is 28.5 Å². The Morgan fingerprint density at radius 1 is 1.23 bits per heavy atom. The molecule has 10 heteroatoms. The molecule has 7 nitrogen and oxygen atoms in total. The molecule has 5 rings (SSSR count). The highest BCUT2D eigenvalue weighted by Crippen LogP contribution is 2.75. The molecule has 1 saturated carbocycles. The molecule has 0 saturated heterocycles. The van der Waals surface area contributed by atoms with E-state index >= 15 is 0 Å². The Balaban J connectivity index is 1.56. The maximum atomic E-state index is 14.9. The maximum Gasteiger partial charge on any atom is 0.156 e. The van der Waals surface area contributed by atoms with E-state index in [2.05, 4.69) is 20.3 Å². The highest BCUT2D eigenvalue weighted by atomic mass is 35.5. The van der Waals surface area contributed by atoms with E-state index in [1.807, 2.05) is 0 Å². The second-order valence-corrected chi connectivity index (χ2v) is 11.6. The minimum atomic E-state index is -3.12. The fourth-order valence-electron chi connectivity index (χ4n) is 4.13. The summed E-state index contributed by atoms with van der Waals surface area (Å²) in [6.45, 7) is 3.31. The second kappa shape index (κ2) is 6.52. The van der Waals surface area contributed by atoms with Crippen LogP contribution in [0.1, 0.15) is 25.8 Å². The van der Waals surface area contributed by atoms with Crippen LogP contribution >= 0.6 is 22.2 Å². The number of nitrogens with two attached hydrogens (primary N) is 1. The van der Waals surface area contributed by atoms with Crippen LogP contribution < -0.4 is 11.1 Å². The Labute approximate surface area is 184 Å². The molecule has 2 aromatic heterocycles. The number of nitrogens with one attached hydrogen (secondary N) is 1. The van der Waals surface area contributed by atoms with Crippen molar-refractivity contribution in [3.8, 4) is 0 Å². The maximum absolute atomic E-state index is 14.9. The first-order valence-corrected chi connectivity index (χ1v) is 11.6. The molecule has 162 valence electrons. The van der Waals surface area contributed by atoms with Crippen LogP contribution in [-0.4, -0.2) is 34.9 Å². The summed E-state index contributed by atoms with van der Waals surface area (Å²) in [5.41, 5.74) is 6.50. The normalized spacial score (nSPS) is 26.6. The van der Waals surface area contributed by atoms with Gasteiger partial charge in [-0.1, -0.05) is 11.6 Å². The molecule has 31 heavy (non-hydrogen) atoms. The Morgan fingerprint density at radius 2 is 2.00 bits per heavy atom. The summed E-state index contributed by atoms with van der Waals surface area (Å²) >= 11 is 6.02. The van der Waals surface area contributed by atoms with Crippen molar-refractivity contribution in [2.24, 2.45) is 10.7 Å². The van der Waals surface area contributed by atoms with E-state index in [1.165, 1.54) is 12.3 Å². The monoisotopic (exact) mass is 461 g/mol. The largest absolute Gasteiger partial charge is 0.386 e. The highest BCUT2D eigenvalue weighted by molar-refractivity contribution is 8.26. The van der Waals surface area contributed by atoms with Gasteiger partial charge in [0.15, 0.2) is 5.82 Å². The van der Waals surface area contributed by atoms with Gasteiger partial charge in [0, 0.05) is 35.5 Å². The standard InChI is InChI=1S/C21H21ClFN5O2S/c1-20(2)19(24)28-21(9-16(21)31(20,29)30)14-8-13(3-4-15(14)23)27-18-17-11(5-6-25-18)7-12(22)10-26-17/h3-8,10,16,29-30H,9H2,1-2H3,(H2,24,28)(H,25,27)/t16-,21-/m1/s1. The third-order valence-electron chi connectivity index (χ3n) is 6.22. The molecule has 3 heterocycles. The highest BCUT2D eigenvalue weighted by Gasteiger charge is 2.69. The number of halogens is 2. The molecule has 1 aliphatic heterocycles. The van der Waals surface area contributed by atoms with Gasteiger partial charge in [0.05, 0.1) is 10.3 Å². The number of hydrogen-bond donors (Lipinski definition) is 4. The average Bonchev–Trinajstić information content (AvgIpc) is 3.44. The van der Waals surface area contributed by atoms with Gasteiger partial charge in [-0.05, 0) is 44.2 Å². The van der Waals surface area contributed by atoms with Crippen LogP contribution in [-0.2, 0) is 5.54 Å². The lowest BCUT2D eigenvalue weighted by molar-refractivity contribution is 0.450. The molecule has 0 spiro atoms. The molecular weight excluding hydrogens is 441 g/mol. The number of hydrogen-bond acceptors (Lipinski definition) is 7. The van der Waals surface area contributed by atoms with Gasteiger partial charge in [0.2, 0.25) is 0 Å². The van der Waals surface area contributed by atoms with Gasteiger partial charge in [0.25, 0.3) is 0 Å². The van der Waals surface area contributed by atoms with E-state index in [1.54, 1.807) is 44.3 Å². The van der Waals surface area contributed by atoms with Gasteiger partial charge in [-0.3, -0.25) is 19.1 Å². The molecule has 0 unspecified atom stereocenters. The minimum absolute atomic E-state index is 0.121. The zero-order valence-electron chi connectivity index (χ0n) is 16.8. The van der Waals surface area contributed by atoms with Gasteiger partial charge in [-0.2, -0.15) is 10.6 Å². The van der Waals surface area contributed by atoms with Crippen molar-refractivity contribution >= 4 is 50.4 Å². The predicted octanol–water partition coefficient (Wildman–Crippen LogP) is 5.03. The van der Waals surface area contributed by atoms with E-state index in [9.17, 15) is 13.5 Å². The molecule has 0 bridgehead atoms. The number of anilines is 2. The molecule has 3 aromatic rings. The van der Waals surface area contributed by atoms with Gasteiger partial charge in [-0.25, -0.2) is 9.37 Å². The van der Waals surface area contributed by atoms with Crippen molar-refractivity contribution in [3.63, 3.8) is 0 Å². The Hall–Kier alpha value is -2.46. The third-order valence-corrected chi connectivity index (χ3v) is 9.48. The fraction of sp³-hybridized carbons (Fsp3) is 0.286. The van der Waals surface area contributed by atoms with E-state index < -0.39 is 31.9 Å². The second-order valence-electron chi connectivity index (χ2n) is 8.42. The summed E-state index contributed by atoms with van der Waals surface area (Å²) in [6, 6.07) is 8.12. The first-order valence-electron chi connectivity index (χ1n) is 9.66.